The number of ether oxygens (including phenoxy) is 1. The van der Waals surface area contributed by atoms with Crippen molar-refractivity contribution in [3.8, 4) is 6.01 Å². The maximum Gasteiger partial charge on any atom is 0.317 e. The van der Waals surface area contributed by atoms with Crippen LogP contribution in [0.2, 0.25) is 0 Å². The highest BCUT2D eigenvalue weighted by atomic mass is 16.5. The second kappa shape index (κ2) is 4.61. The summed E-state index contributed by atoms with van der Waals surface area (Å²) in [5.74, 6) is 0.964. The standard InChI is InChI=1S/C10H18N4O/c1-2-15-10-13-12-9(6-7-11)14(10)8-4-3-5-8/h8H,2-7,11H2,1H3. The van der Waals surface area contributed by atoms with E-state index >= 15 is 0 Å². The fourth-order valence-corrected chi connectivity index (χ4v) is 1.85. The summed E-state index contributed by atoms with van der Waals surface area (Å²) < 4.78 is 7.59. The Balaban J connectivity index is 2.22. The lowest BCUT2D eigenvalue weighted by Gasteiger charge is -2.28. The van der Waals surface area contributed by atoms with Crippen molar-refractivity contribution in [3.05, 3.63) is 5.82 Å². The minimum Gasteiger partial charge on any atom is -0.464 e. The average Bonchev–Trinajstić information content (AvgIpc) is 2.50. The van der Waals surface area contributed by atoms with Gasteiger partial charge < -0.3 is 10.5 Å². The molecule has 0 saturated heterocycles. The molecule has 1 aliphatic carbocycles. The number of hydrogen-bond acceptors (Lipinski definition) is 4. The largest absolute Gasteiger partial charge is 0.464 e. The van der Waals surface area contributed by atoms with Gasteiger partial charge in [0, 0.05) is 12.5 Å². The van der Waals surface area contributed by atoms with Crippen molar-refractivity contribution in [1.82, 2.24) is 14.8 Å². The number of hydrogen-bond donors (Lipinski definition) is 1. The Kier molecular flexibility index (Phi) is 3.20. The molecule has 1 heterocycles. The van der Waals surface area contributed by atoms with Crippen molar-refractivity contribution in [1.29, 1.82) is 0 Å². The molecule has 2 rings (SSSR count). The molecule has 0 unspecified atom stereocenters. The van der Waals surface area contributed by atoms with Crippen molar-refractivity contribution in [3.63, 3.8) is 0 Å². The fraction of sp³-hybridized carbons (Fsp3) is 0.800. The molecular weight excluding hydrogens is 192 g/mol. The van der Waals surface area contributed by atoms with Crippen LogP contribution in [-0.2, 0) is 6.42 Å². The first-order valence-corrected chi connectivity index (χ1v) is 5.63. The van der Waals surface area contributed by atoms with Gasteiger partial charge in [-0.3, -0.25) is 4.57 Å². The smallest absolute Gasteiger partial charge is 0.317 e. The second-order valence-corrected chi connectivity index (χ2v) is 3.83. The Bertz CT molecular complexity index is 296. The van der Waals surface area contributed by atoms with Crippen LogP contribution in [0.4, 0.5) is 0 Å². The molecule has 84 valence electrons. The first-order chi connectivity index (χ1) is 7.36. The van der Waals surface area contributed by atoms with Gasteiger partial charge in [0.2, 0.25) is 0 Å². The maximum atomic E-state index is 5.55. The Hall–Kier alpha value is -1.10. The van der Waals surface area contributed by atoms with Gasteiger partial charge in [-0.05, 0) is 32.7 Å². The average molecular weight is 210 g/mol. The maximum absolute atomic E-state index is 5.55. The molecule has 5 heteroatoms. The summed E-state index contributed by atoms with van der Waals surface area (Å²) >= 11 is 0. The summed E-state index contributed by atoms with van der Waals surface area (Å²) in [6, 6.07) is 1.19. The van der Waals surface area contributed by atoms with Gasteiger partial charge in [-0.15, -0.1) is 5.10 Å². The van der Waals surface area contributed by atoms with Gasteiger partial charge in [-0.25, -0.2) is 0 Å². The summed E-state index contributed by atoms with van der Waals surface area (Å²) in [4.78, 5) is 0. The first kappa shape index (κ1) is 10.4. The molecule has 0 atom stereocenters. The third-order valence-corrected chi connectivity index (χ3v) is 2.82. The predicted octanol–water partition coefficient (Wildman–Crippen LogP) is 0.903. The molecule has 0 aromatic carbocycles. The SMILES string of the molecule is CCOc1nnc(CCN)n1C1CCC1. The van der Waals surface area contributed by atoms with Crippen molar-refractivity contribution in [2.45, 2.75) is 38.6 Å². The normalized spacial score (nSPS) is 16.4. The monoisotopic (exact) mass is 210 g/mol. The van der Waals surface area contributed by atoms with Crippen molar-refractivity contribution >= 4 is 0 Å². The number of rotatable bonds is 5. The highest BCUT2D eigenvalue weighted by Crippen LogP contribution is 2.35. The van der Waals surface area contributed by atoms with Gasteiger partial charge in [0.1, 0.15) is 5.82 Å². The Morgan fingerprint density at radius 2 is 2.27 bits per heavy atom. The van der Waals surface area contributed by atoms with E-state index in [1.165, 1.54) is 19.3 Å². The van der Waals surface area contributed by atoms with E-state index in [4.69, 9.17) is 10.5 Å². The summed E-state index contributed by atoms with van der Waals surface area (Å²) in [5, 5.41) is 8.20. The Morgan fingerprint density at radius 3 is 2.80 bits per heavy atom. The van der Waals surface area contributed by atoms with Crippen molar-refractivity contribution < 1.29 is 4.74 Å². The highest BCUT2D eigenvalue weighted by Gasteiger charge is 2.26. The molecule has 1 aliphatic rings. The van der Waals surface area contributed by atoms with E-state index in [9.17, 15) is 0 Å². The van der Waals surface area contributed by atoms with Gasteiger partial charge in [0.05, 0.1) is 6.61 Å². The van der Waals surface area contributed by atoms with E-state index in [0.717, 1.165) is 12.2 Å². The van der Waals surface area contributed by atoms with Crippen molar-refractivity contribution in [2.75, 3.05) is 13.2 Å². The van der Waals surface area contributed by atoms with Crippen LogP contribution in [-0.4, -0.2) is 27.9 Å². The lowest BCUT2D eigenvalue weighted by atomic mass is 9.93. The molecule has 0 amide bonds. The third-order valence-electron chi connectivity index (χ3n) is 2.82. The van der Waals surface area contributed by atoms with E-state index in [1.54, 1.807) is 0 Å². The zero-order valence-electron chi connectivity index (χ0n) is 9.15. The molecule has 1 aromatic rings. The number of nitrogens with two attached hydrogens (primary N) is 1. The van der Waals surface area contributed by atoms with Crippen LogP contribution in [0.25, 0.3) is 0 Å². The molecule has 2 N–H and O–H groups in total. The van der Waals surface area contributed by atoms with E-state index in [2.05, 4.69) is 14.8 Å². The lowest BCUT2D eigenvalue weighted by Crippen LogP contribution is -2.21. The minimum atomic E-state index is 0.531. The van der Waals surface area contributed by atoms with Crippen LogP contribution in [0.5, 0.6) is 6.01 Å². The van der Waals surface area contributed by atoms with Crippen LogP contribution < -0.4 is 10.5 Å². The van der Waals surface area contributed by atoms with E-state index in [0.29, 0.717) is 25.2 Å². The van der Waals surface area contributed by atoms with E-state index in [-0.39, 0.29) is 0 Å². The fourth-order valence-electron chi connectivity index (χ4n) is 1.85. The van der Waals surface area contributed by atoms with Gasteiger partial charge in [0.15, 0.2) is 0 Å². The molecule has 0 spiro atoms. The molecule has 1 saturated carbocycles. The van der Waals surface area contributed by atoms with E-state index in [1.807, 2.05) is 6.92 Å². The van der Waals surface area contributed by atoms with Crippen LogP contribution in [0.3, 0.4) is 0 Å². The zero-order valence-corrected chi connectivity index (χ0v) is 9.15. The number of nitrogens with zero attached hydrogens (tertiary/aromatic N) is 3. The second-order valence-electron chi connectivity index (χ2n) is 3.83. The molecule has 0 aliphatic heterocycles. The van der Waals surface area contributed by atoms with Crippen LogP contribution in [0.15, 0.2) is 0 Å². The first-order valence-electron chi connectivity index (χ1n) is 5.63. The summed E-state index contributed by atoms with van der Waals surface area (Å²) in [6.07, 6.45) is 4.47. The predicted molar refractivity (Wildman–Crippen MR) is 56.8 cm³/mol. The van der Waals surface area contributed by atoms with Crippen LogP contribution in [0, 0.1) is 0 Å². The van der Waals surface area contributed by atoms with Crippen LogP contribution in [0.1, 0.15) is 38.1 Å². The molecule has 1 fully saturated rings. The summed E-state index contributed by atoms with van der Waals surface area (Å²) in [6.45, 7) is 3.20. The van der Waals surface area contributed by atoms with Gasteiger partial charge in [-0.2, -0.15) is 0 Å². The topological polar surface area (TPSA) is 66.0 Å². The minimum absolute atomic E-state index is 0.531. The van der Waals surface area contributed by atoms with Gasteiger partial charge in [0.25, 0.3) is 0 Å². The van der Waals surface area contributed by atoms with Gasteiger partial charge in [-0.1, -0.05) is 5.10 Å². The van der Waals surface area contributed by atoms with Gasteiger partial charge >= 0.3 is 6.01 Å². The van der Waals surface area contributed by atoms with E-state index < -0.39 is 0 Å². The number of aromatic nitrogens is 3. The summed E-state index contributed by atoms with van der Waals surface area (Å²) in [5.41, 5.74) is 5.55. The molecule has 1 aromatic heterocycles. The van der Waals surface area contributed by atoms with Crippen LogP contribution >= 0.6 is 0 Å². The molecule has 5 nitrogen and oxygen atoms in total. The Labute approximate surface area is 89.6 Å². The third kappa shape index (κ3) is 1.97. The Morgan fingerprint density at radius 1 is 1.47 bits per heavy atom. The molecule has 0 bridgehead atoms. The molecular formula is C10H18N4O. The zero-order chi connectivity index (χ0) is 10.7. The highest BCUT2D eigenvalue weighted by molar-refractivity contribution is 5.06. The van der Waals surface area contributed by atoms with Crippen molar-refractivity contribution in [2.24, 2.45) is 5.73 Å². The quantitative estimate of drug-likeness (QED) is 0.784. The molecule has 0 radical (unpaired) electrons. The molecule has 15 heavy (non-hydrogen) atoms. The lowest BCUT2D eigenvalue weighted by molar-refractivity contribution is 0.239. The summed E-state index contributed by atoms with van der Waals surface area (Å²) in [7, 11) is 0.